The third kappa shape index (κ3) is 6.39. The molecule has 16 heteroatoms. The number of fused-ring (bicyclic) bond motifs is 1. The lowest BCUT2D eigenvalue weighted by Crippen LogP contribution is -2.52. The lowest BCUT2D eigenvalue weighted by Gasteiger charge is -2.32. The SMILES string of the molecule is CC1(Cc2ccc(-c3cncnc3)cc2)C(=O)N(c2cc(Cl)cc(Cl)c2)c2ncc(S(=O)(=O)N3CCCC3C(=O)N[C@H]3CCCC[C@@H]3C(=O)O)n21. The normalized spacial score (nSPS) is 23.7. The molecule has 0 spiro atoms. The number of imidazole rings is 1. The quantitative estimate of drug-likeness (QED) is 0.234. The van der Waals surface area contributed by atoms with Crippen molar-refractivity contribution in [3.63, 3.8) is 0 Å². The predicted octanol–water partition coefficient (Wildman–Crippen LogP) is 5.20. The topological polar surface area (TPSA) is 168 Å². The van der Waals surface area contributed by atoms with E-state index in [-0.39, 0.29) is 40.4 Å². The van der Waals surface area contributed by atoms with Crippen molar-refractivity contribution in [2.45, 2.75) is 74.5 Å². The Morgan fingerprint density at radius 3 is 2.33 bits per heavy atom. The number of sulfonamides is 1. The number of carboxylic acids is 1. The number of carbonyl (C=O) groups is 3. The van der Waals surface area contributed by atoms with Crippen molar-refractivity contribution in [3.05, 3.63) is 83.0 Å². The van der Waals surface area contributed by atoms with Gasteiger partial charge in [-0.3, -0.25) is 19.0 Å². The second-order valence-corrected chi connectivity index (χ2v) is 16.1. The number of nitrogens with one attached hydrogen (secondary N) is 1. The third-order valence-electron chi connectivity index (χ3n) is 10.1. The van der Waals surface area contributed by atoms with Gasteiger partial charge < -0.3 is 10.4 Å². The molecule has 2 amide bonds. The van der Waals surface area contributed by atoms with E-state index in [1.807, 2.05) is 24.3 Å². The van der Waals surface area contributed by atoms with E-state index in [0.29, 0.717) is 24.9 Å². The number of anilines is 2. The van der Waals surface area contributed by atoms with Crippen LogP contribution < -0.4 is 10.2 Å². The van der Waals surface area contributed by atoms with Gasteiger partial charge in [0.15, 0.2) is 5.03 Å². The van der Waals surface area contributed by atoms with Gasteiger partial charge in [0.05, 0.1) is 17.8 Å². The first-order chi connectivity index (χ1) is 24.4. The predicted molar refractivity (Wildman–Crippen MR) is 189 cm³/mol. The van der Waals surface area contributed by atoms with Crippen LogP contribution in [0.15, 0.2) is 72.4 Å². The highest BCUT2D eigenvalue weighted by Crippen LogP contribution is 2.45. The minimum atomic E-state index is -4.43. The van der Waals surface area contributed by atoms with Crippen LogP contribution in [0.3, 0.4) is 0 Å². The Hall–Kier alpha value is -4.37. The van der Waals surface area contributed by atoms with Gasteiger partial charge in [-0.2, -0.15) is 4.31 Å². The molecule has 4 aromatic rings. The summed E-state index contributed by atoms with van der Waals surface area (Å²) in [6, 6.07) is 10.5. The summed E-state index contributed by atoms with van der Waals surface area (Å²) in [6.07, 6.45) is 9.29. The van der Waals surface area contributed by atoms with Gasteiger partial charge in [0.1, 0.15) is 17.9 Å². The summed E-state index contributed by atoms with van der Waals surface area (Å²) in [5, 5.41) is 12.9. The number of rotatable bonds is 9. The maximum Gasteiger partial charge on any atom is 0.308 e. The molecule has 2 unspecified atom stereocenters. The highest BCUT2D eigenvalue weighted by molar-refractivity contribution is 7.89. The first kappa shape index (κ1) is 35.1. The molecule has 2 aromatic carbocycles. The molecule has 4 atom stereocenters. The van der Waals surface area contributed by atoms with E-state index in [4.69, 9.17) is 23.2 Å². The van der Waals surface area contributed by atoms with Gasteiger partial charge in [0, 0.05) is 47.0 Å². The molecule has 0 bridgehead atoms. The number of hydrogen-bond acceptors (Lipinski definition) is 8. The molecule has 2 N–H and O–H groups in total. The van der Waals surface area contributed by atoms with E-state index in [0.717, 1.165) is 33.8 Å². The molecule has 2 fully saturated rings. The van der Waals surface area contributed by atoms with Gasteiger partial charge in [-0.1, -0.05) is 60.3 Å². The Morgan fingerprint density at radius 2 is 1.65 bits per heavy atom. The number of aromatic nitrogens is 4. The Labute approximate surface area is 304 Å². The molecule has 3 aliphatic rings. The van der Waals surface area contributed by atoms with E-state index in [9.17, 15) is 27.9 Å². The average Bonchev–Trinajstić information content (AvgIpc) is 3.83. The summed E-state index contributed by atoms with van der Waals surface area (Å²) in [5.74, 6) is -2.64. The largest absolute Gasteiger partial charge is 0.481 e. The zero-order valence-corrected chi connectivity index (χ0v) is 29.9. The molecule has 13 nitrogen and oxygen atoms in total. The molecule has 1 saturated carbocycles. The molecule has 51 heavy (non-hydrogen) atoms. The summed E-state index contributed by atoms with van der Waals surface area (Å²) in [6.45, 7) is 1.73. The Kier molecular flexibility index (Phi) is 9.37. The highest BCUT2D eigenvalue weighted by Gasteiger charge is 2.53. The monoisotopic (exact) mass is 751 g/mol. The molecule has 0 radical (unpaired) electrons. The van der Waals surface area contributed by atoms with Crippen molar-refractivity contribution in [1.29, 1.82) is 0 Å². The van der Waals surface area contributed by atoms with Crippen molar-refractivity contribution in [2.24, 2.45) is 5.92 Å². The summed E-state index contributed by atoms with van der Waals surface area (Å²) in [5.41, 5.74) is 1.25. The smallest absolute Gasteiger partial charge is 0.308 e. The number of carboxylic acid groups (broad SMARTS) is 1. The van der Waals surface area contributed by atoms with E-state index in [1.54, 1.807) is 31.5 Å². The van der Waals surface area contributed by atoms with Crippen LogP contribution in [0.4, 0.5) is 11.6 Å². The number of amides is 2. The number of carbonyl (C=O) groups excluding carboxylic acids is 2. The first-order valence-corrected chi connectivity index (χ1v) is 18.9. The van der Waals surface area contributed by atoms with Gasteiger partial charge >= 0.3 is 5.97 Å². The van der Waals surface area contributed by atoms with E-state index < -0.39 is 51.3 Å². The zero-order valence-electron chi connectivity index (χ0n) is 27.6. The minimum absolute atomic E-state index is 0.0594. The Morgan fingerprint density at radius 1 is 0.961 bits per heavy atom. The second kappa shape index (κ2) is 13.6. The molecule has 2 aromatic heterocycles. The molecular formula is C35H35Cl2N7O6S. The molecule has 266 valence electrons. The molecule has 7 rings (SSSR count). The molecular weight excluding hydrogens is 717 g/mol. The summed E-state index contributed by atoms with van der Waals surface area (Å²) in [7, 11) is -4.43. The Balaban J connectivity index is 1.26. The van der Waals surface area contributed by atoms with E-state index in [1.165, 1.54) is 28.1 Å². The fourth-order valence-electron chi connectivity index (χ4n) is 7.56. The summed E-state index contributed by atoms with van der Waals surface area (Å²) < 4.78 is 31.9. The highest BCUT2D eigenvalue weighted by atomic mass is 35.5. The van der Waals surface area contributed by atoms with Gasteiger partial charge in [-0.15, -0.1) is 0 Å². The average molecular weight is 753 g/mol. The van der Waals surface area contributed by atoms with Crippen LogP contribution in [0.2, 0.25) is 10.0 Å². The fourth-order valence-corrected chi connectivity index (χ4v) is 9.92. The lowest BCUT2D eigenvalue weighted by atomic mass is 9.84. The van der Waals surface area contributed by atoms with Gasteiger partial charge in [-0.25, -0.2) is 28.3 Å². The maximum absolute atomic E-state index is 14.6. The van der Waals surface area contributed by atoms with Gasteiger partial charge in [0.25, 0.3) is 15.9 Å². The van der Waals surface area contributed by atoms with Crippen LogP contribution in [0, 0.1) is 5.92 Å². The number of halogens is 2. The van der Waals surface area contributed by atoms with E-state index >= 15 is 0 Å². The lowest BCUT2D eigenvalue weighted by molar-refractivity contribution is -0.144. The third-order valence-corrected chi connectivity index (χ3v) is 12.4. The molecule has 4 heterocycles. The maximum atomic E-state index is 14.6. The van der Waals surface area contributed by atoms with Gasteiger partial charge in [-0.05, 0) is 61.9 Å². The van der Waals surface area contributed by atoms with Crippen molar-refractivity contribution in [1.82, 2.24) is 29.1 Å². The zero-order chi connectivity index (χ0) is 36.1. The minimum Gasteiger partial charge on any atom is -0.481 e. The van der Waals surface area contributed by atoms with Crippen LogP contribution in [0.25, 0.3) is 11.1 Å². The molecule has 1 aliphatic carbocycles. The standard InChI is InChI=1S/C35H35Cl2N7O6S/c1-35(16-21-8-10-22(11-9-21)23-17-38-20-39-18-23)33(48)43(26-14-24(36)13-25(37)15-26)34-40-19-30(44(34)35)51(49,50)42-12-4-7-29(42)31(45)41-28-6-3-2-5-27(28)32(46)47/h8-11,13-15,17-20,27-29H,2-7,12,16H2,1H3,(H,41,45)(H,46,47)/t27-,28-,29?,35?/m0/s1. The summed E-state index contributed by atoms with van der Waals surface area (Å²) >= 11 is 12.7. The van der Waals surface area contributed by atoms with Crippen LogP contribution in [-0.4, -0.2) is 73.8 Å². The van der Waals surface area contributed by atoms with Crippen LogP contribution >= 0.6 is 23.2 Å². The van der Waals surface area contributed by atoms with Crippen molar-refractivity contribution in [2.75, 3.05) is 11.4 Å². The van der Waals surface area contributed by atoms with Crippen molar-refractivity contribution < 1.29 is 27.9 Å². The van der Waals surface area contributed by atoms with E-state index in [2.05, 4.69) is 20.3 Å². The van der Waals surface area contributed by atoms with Crippen LogP contribution in [0.1, 0.15) is 51.0 Å². The Bertz CT molecular complexity index is 2090. The van der Waals surface area contributed by atoms with Crippen LogP contribution in [-0.2, 0) is 36.4 Å². The number of nitrogens with zero attached hydrogens (tertiary/aromatic N) is 6. The second-order valence-electron chi connectivity index (χ2n) is 13.4. The number of aliphatic carboxylic acids is 1. The summed E-state index contributed by atoms with van der Waals surface area (Å²) in [4.78, 5) is 54.1. The molecule has 2 aliphatic heterocycles. The van der Waals surface area contributed by atoms with Crippen LogP contribution in [0.5, 0.6) is 0 Å². The van der Waals surface area contributed by atoms with Crippen molar-refractivity contribution >= 4 is 62.6 Å². The number of hydrogen-bond donors (Lipinski definition) is 2. The first-order valence-electron chi connectivity index (χ1n) is 16.7. The van der Waals surface area contributed by atoms with Gasteiger partial charge in [0.2, 0.25) is 11.9 Å². The van der Waals surface area contributed by atoms with Crippen molar-refractivity contribution in [3.8, 4) is 11.1 Å². The fraction of sp³-hybridized carbons (Fsp3) is 0.371. The number of benzene rings is 2. The molecule has 1 saturated heterocycles.